The summed E-state index contributed by atoms with van der Waals surface area (Å²) in [5, 5.41) is 12.4. The van der Waals surface area contributed by atoms with E-state index in [4.69, 9.17) is 23.2 Å². The summed E-state index contributed by atoms with van der Waals surface area (Å²) in [6, 6.07) is 20.0. The summed E-state index contributed by atoms with van der Waals surface area (Å²) in [5.41, 5.74) is 3.02. The highest BCUT2D eigenvalue weighted by atomic mass is 35.5. The van der Waals surface area contributed by atoms with Crippen LogP contribution in [0.5, 0.6) is 5.75 Å². The normalized spacial score (nSPS) is 11.6. The van der Waals surface area contributed by atoms with Gasteiger partial charge in [-0.05, 0) is 65.1 Å². The molecule has 0 atom stereocenters. The fraction of sp³-hybridized carbons (Fsp3) is 0.250. The van der Waals surface area contributed by atoms with Crippen molar-refractivity contribution >= 4 is 46.7 Å². The first-order valence-electron chi connectivity index (χ1n) is 9.34. The van der Waals surface area contributed by atoms with E-state index < -0.39 is 0 Å². The van der Waals surface area contributed by atoms with E-state index in [9.17, 15) is 5.11 Å². The van der Waals surface area contributed by atoms with E-state index in [-0.39, 0.29) is 5.41 Å². The fourth-order valence-corrected chi connectivity index (χ4v) is 4.87. The molecule has 1 N–H and O–H groups in total. The second kappa shape index (κ2) is 9.70. The highest BCUT2D eigenvalue weighted by molar-refractivity contribution is 7.98. The van der Waals surface area contributed by atoms with Crippen molar-refractivity contribution in [2.75, 3.05) is 0 Å². The first kappa shape index (κ1) is 22.4. The number of phenolic OH excluding ortho intramolecular Hbond substituents is 1. The Morgan fingerprint density at radius 1 is 0.759 bits per heavy atom. The zero-order valence-electron chi connectivity index (χ0n) is 16.7. The van der Waals surface area contributed by atoms with Gasteiger partial charge in [0, 0.05) is 36.9 Å². The molecular formula is C24H24Cl2OS2. The fourth-order valence-electron chi connectivity index (χ4n) is 2.92. The first-order valence-corrected chi connectivity index (χ1v) is 12.1. The van der Waals surface area contributed by atoms with Crippen molar-refractivity contribution in [3.8, 4) is 5.75 Å². The van der Waals surface area contributed by atoms with Gasteiger partial charge in [-0.3, -0.25) is 0 Å². The third kappa shape index (κ3) is 6.36. The molecule has 0 aliphatic heterocycles. The summed E-state index contributed by atoms with van der Waals surface area (Å²) in [5.74, 6) is 1.94. The summed E-state index contributed by atoms with van der Waals surface area (Å²) >= 11 is 15.4. The maximum absolute atomic E-state index is 10.9. The minimum Gasteiger partial charge on any atom is -0.507 e. The van der Waals surface area contributed by atoms with Gasteiger partial charge in [0.05, 0.1) is 0 Å². The zero-order chi connectivity index (χ0) is 21.0. The minimum absolute atomic E-state index is 0.134. The lowest BCUT2D eigenvalue weighted by atomic mass is 9.84. The van der Waals surface area contributed by atoms with Gasteiger partial charge in [-0.25, -0.2) is 0 Å². The van der Waals surface area contributed by atoms with Crippen molar-refractivity contribution in [3.63, 3.8) is 0 Å². The molecule has 152 valence electrons. The monoisotopic (exact) mass is 462 g/mol. The summed E-state index contributed by atoms with van der Waals surface area (Å²) in [6.45, 7) is 6.40. The van der Waals surface area contributed by atoms with E-state index in [0.29, 0.717) is 11.5 Å². The predicted octanol–water partition coefficient (Wildman–Crippen LogP) is 8.58. The smallest absolute Gasteiger partial charge is 0.123 e. The van der Waals surface area contributed by atoms with Crippen LogP contribution in [-0.2, 0) is 16.9 Å². The Labute approximate surface area is 191 Å². The van der Waals surface area contributed by atoms with E-state index in [2.05, 4.69) is 32.9 Å². The average Bonchev–Trinajstić information content (AvgIpc) is 2.67. The van der Waals surface area contributed by atoms with Crippen molar-refractivity contribution in [1.82, 2.24) is 0 Å². The van der Waals surface area contributed by atoms with Gasteiger partial charge in [-0.2, -0.15) is 0 Å². The lowest BCUT2D eigenvalue weighted by molar-refractivity contribution is 0.442. The van der Waals surface area contributed by atoms with Crippen LogP contribution in [0.3, 0.4) is 0 Å². The number of halogens is 2. The predicted molar refractivity (Wildman–Crippen MR) is 129 cm³/mol. The molecule has 0 aliphatic carbocycles. The zero-order valence-corrected chi connectivity index (χ0v) is 19.9. The van der Waals surface area contributed by atoms with Gasteiger partial charge in [0.15, 0.2) is 0 Å². The molecule has 0 amide bonds. The number of thioether (sulfide) groups is 2. The lowest BCUT2D eigenvalue weighted by Crippen LogP contribution is -2.12. The standard InChI is InChI=1S/C24H24Cl2OS2/c1-24(2,3)22-13-16(14-28-20-8-4-18(25)5-9-20)12-17(23(22)27)15-29-21-10-6-19(26)7-11-21/h4-13,27H,14-15H2,1-3H3. The van der Waals surface area contributed by atoms with Crippen LogP contribution in [0.2, 0.25) is 10.0 Å². The summed E-state index contributed by atoms with van der Waals surface area (Å²) in [6.07, 6.45) is 0. The average molecular weight is 463 g/mol. The molecule has 0 unspecified atom stereocenters. The molecule has 0 radical (unpaired) electrons. The molecule has 3 rings (SSSR count). The minimum atomic E-state index is -0.134. The molecule has 0 fully saturated rings. The highest BCUT2D eigenvalue weighted by Gasteiger charge is 2.21. The molecule has 3 aromatic rings. The molecule has 0 bridgehead atoms. The summed E-state index contributed by atoms with van der Waals surface area (Å²) in [7, 11) is 0. The van der Waals surface area contributed by atoms with E-state index in [1.807, 2.05) is 48.5 Å². The number of benzene rings is 3. The third-order valence-electron chi connectivity index (χ3n) is 4.48. The number of phenols is 1. The second-order valence-electron chi connectivity index (χ2n) is 7.89. The van der Waals surface area contributed by atoms with Gasteiger partial charge < -0.3 is 5.11 Å². The van der Waals surface area contributed by atoms with Crippen LogP contribution in [-0.4, -0.2) is 5.11 Å². The number of hydrogen-bond donors (Lipinski definition) is 1. The molecule has 0 spiro atoms. The van der Waals surface area contributed by atoms with Crippen molar-refractivity contribution in [3.05, 3.63) is 87.4 Å². The molecule has 29 heavy (non-hydrogen) atoms. The summed E-state index contributed by atoms with van der Waals surface area (Å²) in [4.78, 5) is 2.31. The molecule has 5 heteroatoms. The van der Waals surface area contributed by atoms with Crippen LogP contribution in [0.1, 0.15) is 37.5 Å². The largest absolute Gasteiger partial charge is 0.507 e. The third-order valence-corrected chi connectivity index (χ3v) is 7.13. The lowest BCUT2D eigenvalue weighted by Gasteiger charge is -2.23. The molecule has 0 heterocycles. The van der Waals surface area contributed by atoms with Crippen LogP contribution >= 0.6 is 46.7 Å². The number of hydrogen-bond acceptors (Lipinski definition) is 3. The van der Waals surface area contributed by atoms with Gasteiger partial charge in [0.2, 0.25) is 0 Å². The van der Waals surface area contributed by atoms with Crippen LogP contribution in [0.15, 0.2) is 70.5 Å². The van der Waals surface area contributed by atoms with Crippen LogP contribution in [0.25, 0.3) is 0 Å². The molecule has 0 aromatic heterocycles. The van der Waals surface area contributed by atoms with E-state index >= 15 is 0 Å². The Bertz CT molecular complexity index is 962. The molecule has 3 aromatic carbocycles. The Hall–Kier alpha value is -1.26. The number of aromatic hydroxyl groups is 1. The van der Waals surface area contributed by atoms with Gasteiger partial charge in [0.25, 0.3) is 0 Å². The molecule has 0 saturated heterocycles. The SMILES string of the molecule is CC(C)(C)c1cc(CSc2ccc(Cl)cc2)cc(CSc2ccc(Cl)cc2)c1O. The van der Waals surface area contributed by atoms with Crippen molar-refractivity contribution in [1.29, 1.82) is 0 Å². The van der Waals surface area contributed by atoms with Crippen LogP contribution in [0.4, 0.5) is 0 Å². The maximum Gasteiger partial charge on any atom is 0.123 e. The quantitative estimate of drug-likeness (QED) is 0.370. The van der Waals surface area contributed by atoms with Crippen molar-refractivity contribution < 1.29 is 5.11 Å². The Morgan fingerprint density at radius 2 is 1.24 bits per heavy atom. The molecule has 0 aliphatic rings. The Kier molecular flexibility index (Phi) is 7.50. The van der Waals surface area contributed by atoms with Gasteiger partial charge in [-0.1, -0.05) is 56.1 Å². The molecular weight excluding hydrogens is 439 g/mol. The Balaban J connectivity index is 1.82. The molecule has 0 saturated carbocycles. The summed E-state index contributed by atoms with van der Waals surface area (Å²) < 4.78 is 0. The van der Waals surface area contributed by atoms with E-state index in [0.717, 1.165) is 31.8 Å². The van der Waals surface area contributed by atoms with Gasteiger partial charge in [-0.15, -0.1) is 23.5 Å². The van der Waals surface area contributed by atoms with Crippen LogP contribution in [0, 0.1) is 0 Å². The van der Waals surface area contributed by atoms with Crippen molar-refractivity contribution in [2.24, 2.45) is 0 Å². The van der Waals surface area contributed by atoms with Gasteiger partial charge >= 0.3 is 0 Å². The van der Waals surface area contributed by atoms with E-state index in [1.54, 1.807) is 23.5 Å². The van der Waals surface area contributed by atoms with Gasteiger partial charge in [0.1, 0.15) is 5.75 Å². The van der Waals surface area contributed by atoms with E-state index in [1.165, 1.54) is 10.5 Å². The first-order chi connectivity index (χ1) is 13.7. The van der Waals surface area contributed by atoms with Crippen LogP contribution < -0.4 is 0 Å². The highest BCUT2D eigenvalue weighted by Crippen LogP contribution is 2.38. The second-order valence-corrected chi connectivity index (χ2v) is 10.9. The maximum atomic E-state index is 10.9. The Morgan fingerprint density at radius 3 is 1.72 bits per heavy atom. The number of rotatable bonds is 6. The molecule has 1 nitrogen and oxygen atoms in total. The van der Waals surface area contributed by atoms with Crippen molar-refractivity contribution in [2.45, 2.75) is 47.5 Å². The topological polar surface area (TPSA) is 20.2 Å².